The molecule has 0 amide bonds. The standard InChI is InChI=1S/C15H19BrF3N/c1-2-10-4-3-5-12(8-10)20-14-9-11(16)6-7-13(14)15(17,18)19/h6-7,9-10,12,20H,2-5,8H2,1H3. The van der Waals surface area contributed by atoms with Gasteiger partial charge in [0.1, 0.15) is 0 Å². The SMILES string of the molecule is CCC1CCCC(Nc2cc(Br)ccc2C(F)(F)F)C1. The Morgan fingerprint density at radius 2 is 2.05 bits per heavy atom. The highest BCUT2D eigenvalue weighted by Crippen LogP contribution is 2.38. The average molecular weight is 350 g/mol. The van der Waals surface area contributed by atoms with E-state index in [1.54, 1.807) is 0 Å². The zero-order valence-corrected chi connectivity index (χ0v) is 13.0. The minimum Gasteiger partial charge on any atom is -0.382 e. The van der Waals surface area contributed by atoms with Crippen LogP contribution in [-0.2, 0) is 6.18 Å². The van der Waals surface area contributed by atoms with Gasteiger partial charge in [0.25, 0.3) is 0 Å². The number of hydrogen-bond acceptors (Lipinski definition) is 1. The highest BCUT2D eigenvalue weighted by Gasteiger charge is 2.34. The van der Waals surface area contributed by atoms with E-state index in [1.165, 1.54) is 18.6 Å². The third-order valence-corrected chi connectivity index (χ3v) is 4.50. The molecule has 1 fully saturated rings. The number of alkyl halides is 3. The second-order valence-electron chi connectivity index (χ2n) is 5.47. The number of halogens is 4. The second kappa shape index (κ2) is 6.37. The Labute approximate surface area is 126 Å². The largest absolute Gasteiger partial charge is 0.418 e. The van der Waals surface area contributed by atoms with Crippen molar-refractivity contribution < 1.29 is 13.2 Å². The summed E-state index contributed by atoms with van der Waals surface area (Å²) in [4.78, 5) is 0. The summed E-state index contributed by atoms with van der Waals surface area (Å²) in [5.41, 5.74) is -0.395. The van der Waals surface area contributed by atoms with Crippen LogP contribution in [0.5, 0.6) is 0 Å². The van der Waals surface area contributed by atoms with E-state index < -0.39 is 11.7 Å². The van der Waals surface area contributed by atoms with Gasteiger partial charge in [-0.15, -0.1) is 0 Å². The second-order valence-corrected chi connectivity index (χ2v) is 6.39. The van der Waals surface area contributed by atoms with Crippen molar-refractivity contribution in [1.82, 2.24) is 0 Å². The van der Waals surface area contributed by atoms with E-state index in [0.29, 0.717) is 10.4 Å². The van der Waals surface area contributed by atoms with Crippen molar-refractivity contribution >= 4 is 21.6 Å². The Morgan fingerprint density at radius 1 is 1.30 bits per heavy atom. The summed E-state index contributed by atoms with van der Waals surface area (Å²) >= 11 is 3.25. The third kappa shape index (κ3) is 3.90. The molecule has 1 saturated carbocycles. The Balaban J connectivity index is 2.17. The van der Waals surface area contributed by atoms with Crippen LogP contribution >= 0.6 is 15.9 Å². The lowest BCUT2D eigenvalue weighted by molar-refractivity contribution is -0.137. The van der Waals surface area contributed by atoms with Crippen molar-refractivity contribution in [3.63, 3.8) is 0 Å². The molecule has 112 valence electrons. The Morgan fingerprint density at radius 3 is 2.70 bits per heavy atom. The van der Waals surface area contributed by atoms with Gasteiger partial charge >= 0.3 is 6.18 Å². The number of rotatable bonds is 3. The molecule has 2 rings (SSSR count). The molecule has 1 nitrogen and oxygen atoms in total. The van der Waals surface area contributed by atoms with E-state index >= 15 is 0 Å². The van der Waals surface area contributed by atoms with Gasteiger partial charge in [-0.25, -0.2) is 0 Å². The molecule has 0 heterocycles. The van der Waals surface area contributed by atoms with Crippen LogP contribution in [0.3, 0.4) is 0 Å². The zero-order valence-electron chi connectivity index (χ0n) is 11.4. The molecule has 1 aliphatic carbocycles. The van der Waals surface area contributed by atoms with Crippen LogP contribution in [0, 0.1) is 5.92 Å². The summed E-state index contributed by atoms with van der Waals surface area (Å²) < 4.78 is 39.7. The molecule has 0 spiro atoms. The van der Waals surface area contributed by atoms with Crippen LogP contribution in [0.2, 0.25) is 0 Å². The summed E-state index contributed by atoms with van der Waals surface area (Å²) in [6.45, 7) is 2.15. The molecule has 1 aromatic rings. The summed E-state index contributed by atoms with van der Waals surface area (Å²) in [5, 5.41) is 3.11. The predicted molar refractivity (Wildman–Crippen MR) is 78.8 cm³/mol. The molecule has 1 aromatic carbocycles. The molecule has 0 bridgehead atoms. The van der Waals surface area contributed by atoms with E-state index in [-0.39, 0.29) is 11.7 Å². The first-order chi connectivity index (χ1) is 9.40. The van der Waals surface area contributed by atoms with Crippen molar-refractivity contribution in [2.75, 3.05) is 5.32 Å². The molecule has 1 N–H and O–H groups in total. The van der Waals surface area contributed by atoms with Gasteiger partial charge in [-0.05, 0) is 37.0 Å². The van der Waals surface area contributed by atoms with E-state index in [2.05, 4.69) is 28.2 Å². The summed E-state index contributed by atoms with van der Waals surface area (Å²) in [5.74, 6) is 0.628. The van der Waals surface area contributed by atoms with E-state index in [9.17, 15) is 13.2 Å². The number of anilines is 1. The van der Waals surface area contributed by atoms with Crippen LogP contribution in [0.4, 0.5) is 18.9 Å². The highest BCUT2D eigenvalue weighted by molar-refractivity contribution is 9.10. The molecule has 2 atom stereocenters. The predicted octanol–water partition coefficient (Wildman–Crippen LogP) is 5.85. The molecule has 2 unspecified atom stereocenters. The maximum atomic E-state index is 13.0. The van der Waals surface area contributed by atoms with Gasteiger partial charge in [0.15, 0.2) is 0 Å². The first-order valence-electron chi connectivity index (χ1n) is 7.03. The average Bonchev–Trinajstić information content (AvgIpc) is 2.37. The topological polar surface area (TPSA) is 12.0 Å². The molecule has 0 aliphatic heterocycles. The van der Waals surface area contributed by atoms with E-state index in [4.69, 9.17) is 0 Å². The lowest BCUT2D eigenvalue weighted by Crippen LogP contribution is -2.28. The third-order valence-electron chi connectivity index (χ3n) is 4.01. The highest BCUT2D eigenvalue weighted by atomic mass is 79.9. The van der Waals surface area contributed by atoms with Crippen molar-refractivity contribution in [3.8, 4) is 0 Å². The maximum absolute atomic E-state index is 13.0. The van der Waals surface area contributed by atoms with Gasteiger partial charge in [-0.3, -0.25) is 0 Å². The molecule has 20 heavy (non-hydrogen) atoms. The Hall–Kier alpha value is -0.710. The molecule has 0 radical (unpaired) electrons. The van der Waals surface area contributed by atoms with Crippen LogP contribution in [0.15, 0.2) is 22.7 Å². The van der Waals surface area contributed by atoms with Gasteiger partial charge in [-0.1, -0.05) is 42.1 Å². The molecule has 0 saturated heterocycles. The normalized spacial score (nSPS) is 23.6. The molecule has 0 aromatic heterocycles. The Kier molecular flexibility index (Phi) is 4.99. The lowest BCUT2D eigenvalue weighted by Gasteiger charge is -2.30. The van der Waals surface area contributed by atoms with Crippen LogP contribution in [-0.4, -0.2) is 6.04 Å². The first-order valence-corrected chi connectivity index (χ1v) is 7.82. The molecular weight excluding hydrogens is 331 g/mol. The van der Waals surface area contributed by atoms with E-state index in [1.807, 2.05) is 0 Å². The van der Waals surface area contributed by atoms with Gasteiger partial charge in [0, 0.05) is 16.2 Å². The molecular formula is C15H19BrF3N. The first kappa shape index (κ1) is 15.7. The fourth-order valence-corrected chi connectivity index (χ4v) is 3.26. The van der Waals surface area contributed by atoms with Gasteiger partial charge < -0.3 is 5.32 Å². The van der Waals surface area contributed by atoms with Crippen LogP contribution in [0.1, 0.15) is 44.6 Å². The fraction of sp³-hybridized carbons (Fsp3) is 0.600. The quantitative estimate of drug-likeness (QED) is 0.721. The van der Waals surface area contributed by atoms with E-state index in [0.717, 1.165) is 31.7 Å². The van der Waals surface area contributed by atoms with Crippen molar-refractivity contribution in [2.45, 2.75) is 51.2 Å². The molecule has 1 aliphatic rings. The van der Waals surface area contributed by atoms with Crippen molar-refractivity contribution in [1.29, 1.82) is 0 Å². The van der Waals surface area contributed by atoms with Crippen LogP contribution < -0.4 is 5.32 Å². The lowest BCUT2D eigenvalue weighted by atomic mass is 9.84. The van der Waals surface area contributed by atoms with Crippen molar-refractivity contribution in [3.05, 3.63) is 28.2 Å². The monoisotopic (exact) mass is 349 g/mol. The van der Waals surface area contributed by atoms with Crippen molar-refractivity contribution in [2.24, 2.45) is 5.92 Å². The number of hydrogen-bond donors (Lipinski definition) is 1. The smallest absolute Gasteiger partial charge is 0.382 e. The summed E-state index contributed by atoms with van der Waals surface area (Å²) in [6.07, 6.45) is 0.968. The molecule has 5 heteroatoms. The Bertz CT molecular complexity index is 459. The van der Waals surface area contributed by atoms with Gasteiger partial charge in [0.2, 0.25) is 0 Å². The summed E-state index contributed by atoms with van der Waals surface area (Å²) in [7, 11) is 0. The van der Waals surface area contributed by atoms with Crippen LogP contribution in [0.25, 0.3) is 0 Å². The number of benzene rings is 1. The minimum absolute atomic E-state index is 0.143. The van der Waals surface area contributed by atoms with Gasteiger partial charge in [-0.2, -0.15) is 13.2 Å². The zero-order chi connectivity index (χ0) is 14.8. The fourth-order valence-electron chi connectivity index (χ4n) is 2.90. The number of nitrogens with one attached hydrogen (secondary N) is 1. The minimum atomic E-state index is -4.32. The van der Waals surface area contributed by atoms with Gasteiger partial charge in [0.05, 0.1) is 5.56 Å². The summed E-state index contributed by atoms with van der Waals surface area (Å²) in [6, 6.07) is 4.23. The maximum Gasteiger partial charge on any atom is 0.418 e.